The van der Waals surface area contributed by atoms with Crippen LogP contribution >= 0.6 is 27.3 Å². The second-order valence-corrected chi connectivity index (χ2v) is 10.4. The fourth-order valence-electron chi connectivity index (χ4n) is 3.74. The number of hydrogen-bond acceptors (Lipinski definition) is 5. The highest BCUT2D eigenvalue weighted by Gasteiger charge is 2.17. The normalized spacial score (nSPS) is 10.8. The molecule has 1 N–H and O–H groups in total. The highest BCUT2D eigenvalue weighted by atomic mass is 79.9. The molecule has 2 amide bonds. The molecule has 0 saturated carbocycles. The van der Waals surface area contributed by atoms with E-state index in [-0.39, 0.29) is 18.2 Å². The molecule has 0 aliphatic carbocycles. The average Bonchev–Trinajstić information content (AvgIpc) is 3.33. The first kappa shape index (κ1) is 27.0. The number of rotatable bonds is 13. The van der Waals surface area contributed by atoms with Gasteiger partial charge in [-0.1, -0.05) is 84.6 Å². The summed E-state index contributed by atoms with van der Waals surface area (Å²) < 4.78 is 0.990. The molecule has 0 bridgehead atoms. The van der Waals surface area contributed by atoms with Gasteiger partial charge in [0.15, 0.2) is 0 Å². The van der Waals surface area contributed by atoms with Crippen LogP contribution in [0.1, 0.15) is 68.3 Å². The van der Waals surface area contributed by atoms with Gasteiger partial charge < -0.3 is 10.2 Å². The van der Waals surface area contributed by atoms with E-state index in [9.17, 15) is 9.59 Å². The topological polar surface area (TPSA) is 75.2 Å². The lowest BCUT2D eigenvalue weighted by Gasteiger charge is -2.22. The third-order valence-corrected chi connectivity index (χ3v) is 7.09. The molecule has 2 aromatic carbocycles. The molecule has 0 aliphatic heterocycles. The van der Waals surface area contributed by atoms with Gasteiger partial charge in [0.1, 0.15) is 5.01 Å². The summed E-state index contributed by atoms with van der Waals surface area (Å²) in [6, 6.07) is 15.7. The molecule has 0 atom stereocenters. The van der Waals surface area contributed by atoms with Crippen molar-refractivity contribution in [3.05, 3.63) is 64.1 Å². The maximum absolute atomic E-state index is 13.1. The van der Waals surface area contributed by atoms with Crippen LogP contribution in [-0.2, 0) is 11.2 Å². The summed E-state index contributed by atoms with van der Waals surface area (Å²) in [7, 11) is 0. The Balaban J connectivity index is 1.52. The molecule has 6 nitrogen and oxygen atoms in total. The van der Waals surface area contributed by atoms with E-state index in [4.69, 9.17) is 0 Å². The Morgan fingerprint density at radius 2 is 1.66 bits per heavy atom. The first-order valence-corrected chi connectivity index (χ1v) is 13.9. The fraction of sp³-hybridized carbons (Fsp3) is 0.407. The van der Waals surface area contributed by atoms with E-state index in [1.165, 1.54) is 42.6 Å². The number of amides is 2. The number of carbonyl (C=O) groups excluding carboxylic acids is 2. The summed E-state index contributed by atoms with van der Waals surface area (Å²) in [5, 5.41) is 12.3. The predicted octanol–water partition coefficient (Wildman–Crippen LogP) is 6.97. The Labute approximate surface area is 220 Å². The molecule has 186 valence electrons. The van der Waals surface area contributed by atoms with Gasteiger partial charge in [0.05, 0.1) is 0 Å². The molecule has 1 heterocycles. The van der Waals surface area contributed by atoms with Gasteiger partial charge in [-0.2, -0.15) is 0 Å². The van der Waals surface area contributed by atoms with Gasteiger partial charge >= 0.3 is 0 Å². The third kappa shape index (κ3) is 8.54. The molecule has 3 rings (SSSR count). The van der Waals surface area contributed by atoms with Crippen molar-refractivity contribution >= 4 is 44.2 Å². The van der Waals surface area contributed by atoms with Crippen LogP contribution in [0.4, 0.5) is 5.13 Å². The number of aromatic nitrogens is 2. The van der Waals surface area contributed by atoms with Crippen molar-refractivity contribution in [3.8, 4) is 10.6 Å². The number of carbonyl (C=O) groups is 2. The molecule has 3 aromatic rings. The summed E-state index contributed by atoms with van der Waals surface area (Å²) in [5.74, 6) is -0.217. The molecular weight excluding hydrogens is 524 g/mol. The minimum absolute atomic E-state index is 0.0365. The van der Waals surface area contributed by atoms with E-state index >= 15 is 0 Å². The molecule has 0 radical (unpaired) electrons. The molecule has 0 aliphatic rings. The van der Waals surface area contributed by atoms with Crippen molar-refractivity contribution in [1.82, 2.24) is 15.1 Å². The van der Waals surface area contributed by atoms with Crippen molar-refractivity contribution < 1.29 is 9.59 Å². The van der Waals surface area contributed by atoms with Crippen LogP contribution in [0, 0.1) is 0 Å². The van der Waals surface area contributed by atoms with Crippen molar-refractivity contribution in [3.63, 3.8) is 0 Å². The first-order chi connectivity index (χ1) is 17.0. The van der Waals surface area contributed by atoms with E-state index in [0.29, 0.717) is 23.8 Å². The molecule has 8 heteroatoms. The second kappa shape index (κ2) is 14.1. The summed E-state index contributed by atoms with van der Waals surface area (Å²) in [6.07, 6.45) is 6.99. The largest absolute Gasteiger partial charge is 0.338 e. The summed E-state index contributed by atoms with van der Waals surface area (Å²) in [4.78, 5) is 27.4. The quantitative estimate of drug-likeness (QED) is 0.230. The smallest absolute Gasteiger partial charge is 0.253 e. The zero-order valence-corrected chi connectivity index (χ0v) is 22.8. The molecule has 0 spiro atoms. The molecule has 0 unspecified atom stereocenters. The number of nitrogens with zero attached hydrogens (tertiary/aromatic N) is 3. The second-order valence-electron chi connectivity index (χ2n) is 8.52. The first-order valence-electron chi connectivity index (χ1n) is 12.3. The number of aryl methyl sites for hydroxylation is 1. The monoisotopic (exact) mass is 556 g/mol. The number of nitrogens with one attached hydrogen (secondary N) is 1. The van der Waals surface area contributed by atoms with Gasteiger partial charge in [-0.15, -0.1) is 10.2 Å². The standard InChI is InChI=1S/C27H33BrN4O2S/c1-3-5-6-7-8-20-9-11-22(12-10-20)26(34)32(18-4-2)19-17-24(33)29-27-31-30-25(35-27)21-13-15-23(28)16-14-21/h9-16H,3-8,17-19H2,1-2H3,(H,29,31,33). The number of hydrogen-bond donors (Lipinski definition) is 1. The Morgan fingerprint density at radius 1 is 0.914 bits per heavy atom. The van der Waals surface area contributed by atoms with Gasteiger partial charge in [-0.05, 0) is 49.1 Å². The summed E-state index contributed by atoms with van der Waals surface area (Å²) >= 11 is 4.75. The molecule has 0 saturated heterocycles. The van der Waals surface area contributed by atoms with Gasteiger partial charge in [-0.25, -0.2) is 0 Å². The zero-order chi connectivity index (χ0) is 25.0. The predicted molar refractivity (Wildman–Crippen MR) is 147 cm³/mol. The van der Waals surface area contributed by atoms with Crippen LogP contribution in [0.3, 0.4) is 0 Å². The molecule has 1 aromatic heterocycles. The molecule has 35 heavy (non-hydrogen) atoms. The zero-order valence-electron chi connectivity index (χ0n) is 20.4. The lowest BCUT2D eigenvalue weighted by molar-refractivity contribution is -0.116. The Bertz CT molecular complexity index is 1080. The van der Waals surface area contributed by atoms with Gasteiger partial charge in [0.25, 0.3) is 5.91 Å². The number of unbranched alkanes of at least 4 members (excludes halogenated alkanes) is 3. The maximum Gasteiger partial charge on any atom is 0.253 e. The SMILES string of the molecule is CCCCCCc1ccc(C(=O)N(CCC)CCC(=O)Nc2nnc(-c3ccc(Br)cc3)s2)cc1. The number of benzene rings is 2. The number of halogens is 1. The van der Waals surface area contributed by atoms with E-state index < -0.39 is 0 Å². The fourth-order valence-corrected chi connectivity index (χ4v) is 4.77. The van der Waals surface area contributed by atoms with Crippen LogP contribution in [0.15, 0.2) is 53.0 Å². The lowest BCUT2D eigenvalue weighted by atomic mass is 10.0. The lowest BCUT2D eigenvalue weighted by Crippen LogP contribution is -2.34. The van der Waals surface area contributed by atoms with E-state index in [1.54, 1.807) is 4.90 Å². The minimum Gasteiger partial charge on any atom is -0.338 e. The summed E-state index contributed by atoms with van der Waals surface area (Å²) in [6.45, 7) is 5.21. The van der Waals surface area contributed by atoms with Crippen molar-refractivity contribution in [1.29, 1.82) is 0 Å². The van der Waals surface area contributed by atoms with Crippen molar-refractivity contribution in [2.75, 3.05) is 18.4 Å². The highest BCUT2D eigenvalue weighted by Crippen LogP contribution is 2.27. The van der Waals surface area contributed by atoms with Crippen LogP contribution in [0.25, 0.3) is 10.6 Å². The molecule has 0 fully saturated rings. The van der Waals surface area contributed by atoms with Gasteiger partial charge in [0, 0.05) is 35.1 Å². The Hall–Kier alpha value is -2.58. The Morgan fingerprint density at radius 3 is 2.34 bits per heavy atom. The molecular formula is C27H33BrN4O2S. The maximum atomic E-state index is 13.1. The average molecular weight is 558 g/mol. The van der Waals surface area contributed by atoms with E-state index in [2.05, 4.69) is 50.5 Å². The van der Waals surface area contributed by atoms with Crippen LogP contribution in [0.2, 0.25) is 0 Å². The van der Waals surface area contributed by atoms with Gasteiger partial charge in [-0.3, -0.25) is 9.59 Å². The van der Waals surface area contributed by atoms with Crippen LogP contribution < -0.4 is 5.32 Å². The van der Waals surface area contributed by atoms with Crippen LogP contribution in [-0.4, -0.2) is 40.0 Å². The van der Waals surface area contributed by atoms with E-state index in [0.717, 1.165) is 27.9 Å². The third-order valence-electron chi connectivity index (χ3n) is 5.67. The highest BCUT2D eigenvalue weighted by molar-refractivity contribution is 9.10. The van der Waals surface area contributed by atoms with Gasteiger partial charge in [0.2, 0.25) is 11.0 Å². The van der Waals surface area contributed by atoms with Crippen molar-refractivity contribution in [2.24, 2.45) is 0 Å². The Kier molecular flexibility index (Phi) is 10.9. The minimum atomic E-state index is -0.181. The van der Waals surface area contributed by atoms with Crippen molar-refractivity contribution in [2.45, 2.75) is 58.8 Å². The van der Waals surface area contributed by atoms with E-state index in [1.807, 2.05) is 43.3 Å². The number of anilines is 1. The summed E-state index contributed by atoms with van der Waals surface area (Å²) in [5.41, 5.74) is 2.87. The van der Waals surface area contributed by atoms with Crippen LogP contribution in [0.5, 0.6) is 0 Å².